The average Bonchev–Trinajstić information content (AvgIpc) is 3.08. The van der Waals surface area contributed by atoms with Crippen LogP contribution in [-0.2, 0) is 6.54 Å². The highest BCUT2D eigenvalue weighted by Crippen LogP contribution is 2.21. The number of rotatable bonds is 6. The van der Waals surface area contributed by atoms with Gasteiger partial charge in [0, 0.05) is 18.8 Å². The third kappa shape index (κ3) is 4.39. The van der Waals surface area contributed by atoms with Crippen molar-refractivity contribution in [2.24, 2.45) is 11.7 Å². The van der Waals surface area contributed by atoms with E-state index in [2.05, 4.69) is 15.2 Å². The van der Waals surface area contributed by atoms with Crippen LogP contribution < -0.4 is 11.1 Å². The monoisotopic (exact) mass is 342 g/mol. The number of nitrogens with one attached hydrogen (secondary N) is 1. The van der Waals surface area contributed by atoms with E-state index in [0.717, 1.165) is 49.6 Å². The number of furan rings is 1. The molecule has 0 saturated carbocycles. The summed E-state index contributed by atoms with van der Waals surface area (Å²) in [5.41, 5.74) is 7.85. The maximum Gasteiger partial charge on any atom is 0.252 e. The van der Waals surface area contributed by atoms with Gasteiger partial charge in [-0.15, -0.1) is 0 Å². The zero-order valence-electron chi connectivity index (χ0n) is 14.9. The van der Waals surface area contributed by atoms with E-state index in [1.165, 1.54) is 6.42 Å². The maximum atomic E-state index is 11.7. The molecule has 1 fully saturated rings. The summed E-state index contributed by atoms with van der Waals surface area (Å²) in [6, 6.07) is 5.76. The Morgan fingerprint density at radius 3 is 3.04 bits per heavy atom. The van der Waals surface area contributed by atoms with Crippen LogP contribution in [0.5, 0.6) is 0 Å². The highest BCUT2D eigenvalue weighted by atomic mass is 16.3. The van der Waals surface area contributed by atoms with Crippen LogP contribution in [0.4, 0.5) is 5.82 Å². The number of nitrogens with two attached hydrogens (primary N) is 1. The molecule has 1 unspecified atom stereocenters. The molecule has 3 rings (SSSR count). The number of hydrogen-bond donors (Lipinski definition) is 2. The smallest absolute Gasteiger partial charge is 0.252 e. The quantitative estimate of drug-likeness (QED) is 0.843. The number of nitrogens with zero attached hydrogens (tertiary/aromatic N) is 2. The molecule has 1 saturated heterocycles. The van der Waals surface area contributed by atoms with Gasteiger partial charge in [0.25, 0.3) is 5.91 Å². The van der Waals surface area contributed by atoms with E-state index < -0.39 is 5.91 Å². The third-order valence-electron chi connectivity index (χ3n) is 4.85. The van der Waals surface area contributed by atoms with E-state index in [4.69, 9.17) is 10.2 Å². The molecule has 0 radical (unpaired) electrons. The van der Waals surface area contributed by atoms with Crippen molar-refractivity contribution >= 4 is 11.7 Å². The fourth-order valence-corrected chi connectivity index (χ4v) is 3.35. The second-order valence-corrected chi connectivity index (χ2v) is 6.85. The van der Waals surface area contributed by atoms with Crippen LogP contribution >= 0.6 is 0 Å². The zero-order valence-corrected chi connectivity index (χ0v) is 14.9. The van der Waals surface area contributed by atoms with Gasteiger partial charge in [-0.25, -0.2) is 4.98 Å². The number of piperidine rings is 1. The van der Waals surface area contributed by atoms with E-state index in [9.17, 15) is 4.79 Å². The largest absolute Gasteiger partial charge is 0.468 e. The summed E-state index contributed by atoms with van der Waals surface area (Å²) in [6.07, 6.45) is 4.05. The SMILES string of the molecule is Cc1cc(C(N)=O)c(NCC2CCCN(Cc3ccco3)C2)nc1C. The number of pyridine rings is 1. The molecule has 2 aromatic rings. The second kappa shape index (κ2) is 7.70. The Hall–Kier alpha value is -2.34. The Labute approximate surface area is 148 Å². The summed E-state index contributed by atoms with van der Waals surface area (Å²) in [6.45, 7) is 7.60. The van der Waals surface area contributed by atoms with E-state index in [1.807, 2.05) is 32.0 Å². The molecule has 2 aromatic heterocycles. The molecule has 6 nitrogen and oxygen atoms in total. The van der Waals surface area contributed by atoms with Gasteiger partial charge < -0.3 is 15.5 Å². The van der Waals surface area contributed by atoms with E-state index in [1.54, 1.807) is 6.26 Å². The van der Waals surface area contributed by atoms with Gasteiger partial charge in [0.05, 0.1) is 18.4 Å². The van der Waals surface area contributed by atoms with E-state index >= 15 is 0 Å². The van der Waals surface area contributed by atoms with Crippen LogP contribution in [0.2, 0.25) is 0 Å². The van der Waals surface area contributed by atoms with Crippen molar-refractivity contribution in [2.45, 2.75) is 33.2 Å². The van der Waals surface area contributed by atoms with E-state index in [0.29, 0.717) is 17.3 Å². The number of amides is 1. The lowest BCUT2D eigenvalue weighted by Gasteiger charge is -2.32. The lowest BCUT2D eigenvalue weighted by molar-refractivity contribution is 0.100. The second-order valence-electron chi connectivity index (χ2n) is 6.85. The predicted molar refractivity (Wildman–Crippen MR) is 97.4 cm³/mol. The van der Waals surface area contributed by atoms with Crippen molar-refractivity contribution in [3.63, 3.8) is 0 Å². The first-order valence-electron chi connectivity index (χ1n) is 8.79. The number of primary amides is 1. The highest BCUT2D eigenvalue weighted by Gasteiger charge is 2.21. The molecule has 1 atom stereocenters. The summed E-state index contributed by atoms with van der Waals surface area (Å²) in [4.78, 5) is 18.6. The highest BCUT2D eigenvalue weighted by molar-refractivity contribution is 5.97. The summed E-state index contributed by atoms with van der Waals surface area (Å²) in [5, 5.41) is 3.35. The number of carbonyl (C=O) groups is 1. The van der Waals surface area contributed by atoms with Crippen LogP contribution in [0.25, 0.3) is 0 Å². The normalized spacial score (nSPS) is 18.2. The van der Waals surface area contributed by atoms with Gasteiger partial charge in [-0.05, 0) is 62.9 Å². The predicted octanol–water partition coefficient (Wildman–Crippen LogP) is 2.71. The summed E-state index contributed by atoms with van der Waals surface area (Å²) < 4.78 is 5.45. The standard InChI is InChI=1S/C19H26N4O2/c1-13-9-17(18(20)24)19(22-14(13)2)21-10-15-5-3-7-23(11-15)12-16-6-4-8-25-16/h4,6,8-9,15H,3,5,7,10-12H2,1-2H3,(H2,20,24)(H,21,22). The maximum absolute atomic E-state index is 11.7. The topological polar surface area (TPSA) is 84.4 Å². The Balaban J connectivity index is 1.61. The molecule has 1 amide bonds. The van der Waals surface area contributed by atoms with Gasteiger partial charge in [-0.1, -0.05) is 0 Å². The average molecular weight is 342 g/mol. The van der Waals surface area contributed by atoms with Crippen LogP contribution in [0.1, 0.15) is 40.2 Å². The Morgan fingerprint density at radius 1 is 1.48 bits per heavy atom. The molecule has 3 N–H and O–H groups in total. The Kier molecular flexibility index (Phi) is 5.38. The molecule has 134 valence electrons. The molecule has 6 heteroatoms. The number of aryl methyl sites for hydroxylation is 2. The van der Waals surface area contributed by atoms with Gasteiger partial charge in [-0.2, -0.15) is 0 Å². The fourth-order valence-electron chi connectivity index (χ4n) is 3.35. The first-order chi connectivity index (χ1) is 12.0. The summed E-state index contributed by atoms with van der Waals surface area (Å²) >= 11 is 0. The Morgan fingerprint density at radius 2 is 2.32 bits per heavy atom. The molecule has 25 heavy (non-hydrogen) atoms. The van der Waals surface area contributed by atoms with Crippen LogP contribution in [0, 0.1) is 19.8 Å². The van der Waals surface area contributed by atoms with Crippen molar-refractivity contribution < 1.29 is 9.21 Å². The number of likely N-dealkylation sites (tertiary alicyclic amines) is 1. The minimum atomic E-state index is -0.443. The number of hydrogen-bond acceptors (Lipinski definition) is 5. The summed E-state index contributed by atoms with van der Waals surface area (Å²) in [5.74, 6) is 1.66. The fraction of sp³-hybridized carbons (Fsp3) is 0.474. The minimum absolute atomic E-state index is 0.443. The first kappa shape index (κ1) is 17.5. The molecule has 0 aliphatic carbocycles. The number of carbonyl (C=O) groups excluding carboxylic acids is 1. The van der Waals surface area contributed by atoms with Crippen molar-refractivity contribution in [1.82, 2.24) is 9.88 Å². The molecule has 3 heterocycles. The van der Waals surface area contributed by atoms with E-state index in [-0.39, 0.29) is 0 Å². The zero-order chi connectivity index (χ0) is 17.8. The molecular formula is C19H26N4O2. The van der Waals surface area contributed by atoms with Gasteiger partial charge in [0.15, 0.2) is 0 Å². The molecular weight excluding hydrogens is 316 g/mol. The van der Waals surface area contributed by atoms with Gasteiger partial charge in [0.2, 0.25) is 0 Å². The van der Waals surface area contributed by atoms with Gasteiger partial charge in [0.1, 0.15) is 11.6 Å². The van der Waals surface area contributed by atoms with Crippen molar-refractivity contribution in [3.8, 4) is 0 Å². The molecule has 0 bridgehead atoms. The van der Waals surface area contributed by atoms with Crippen LogP contribution in [0.15, 0.2) is 28.9 Å². The molecule has 1 aliphatic heterocycles. The lowest BCUT2D eigenvalue weighted by Crippen LogP contribution is -2.37. The molecule has 0 aromatic carbocycles. The van der Waals surface area contributed by atoms with Crippen molar-refractivity contribution in [1.29, 1.82) is 0 Å². The Bertz CT molecular complexity index is 727. The minimum Gasteiger partial charge on any atom is -0.468 e. The number of anilines is 1. The van der Waals surface area contributed by atoms with Crippen LogP contribution in [-0.4, -0.2) is 35.4 Å². The van der Waals surface area contributed by atoms with Gasteiger partial charge in [-0.3, -0.25) is 9.69 Å². The number of aromatic nitrogens is 1. The third-order valence-corrected chi connectivity index (χ3v) is 4.85. The van der Waals surface area contributed by atoms with Crippen molar-refractivity contribution in [2.75, 3.05) is 25.0 Å². The van der Waals surface area contributed by atoms with Crippen molar-refractivity contribution in [3.05, 3.63) is 47.0 Å². The van der Waals surface area contributed by atoms with Gasteiger partial charge >= 0.3 is 0 Å². The summed E-state index contributed by atoms with van der Waals surface area (Å²) in [7, 11) is 0. The molecule has 1 aliphatic rings. The first-order valence-corrected chi connectivity index (χ1v) is 8.79. The van der Waals surface area contributed by atoms with Crippen LogP contribution in [0.3, 0.4) is 0 Å². The lowest BCUT2D eigenvalue weighted by atomic mass is 9.97. The molecule has 0 spiro atoms.